The van der Waals surface area contributed by atoms with E-state index < -0.39 is 0 Å². The predicted octanol–water partition coefficient (Wildman–Crippen LogP) is 3.93. The van der Waals surface area contributed by atoms with Crippen LogP contribution in [0, 0.1) is 0 Å². The van der Waals surface area contributed by atoms with Crippen LogP contribution >= 0.6 is 0 Å². The Hall–Kier alpha value is -2.62. The smallest absolute Gasteiger partial charge is 0.251 e. The van der Waals surface area contributed by atoms with Crippen molar-refractivity contribution in [1.82, 2.24) is 10.2 Å². The summed E-state index contributed by atoms with van der Waals surface area (Å²) in [6.45, 7) is 6.42. The zero-order chi connectivity index (χ0) is 19.3. The fourth-order valence-corrected chi connectivity index (χ4v) is 2.66. The molecular weight excluding hydrogens is 324 g/mol. The van der Waals surface area contributed by atoms with E-state index in [-0.39, 0.29) is 29.7 Å². The zero-order valence-corrected chi connectivity index (χ0v) is 16.2. The van der Waals surface area contributed by atoms with Crippen molar-refractivity contribution in [2.45, 2.75) is 38.6 Å². The van der Waals surface area contributed by atoms with Gasteiger partial charge in [0.05, 0.1) is 12.5 Å². The molecule has 0 fully saturated rings. The summed E-state index contributed by atoms with van der Waals surface area (Å²) in [5.74, 6) is -0.201. The van der Waals surface area contributed by atoms with Gasteiger partial charge in [0.15, 0.2) is 0 Å². The molecule has 0 bridgehead atoms. The van der Waals surface area contributed by atoms with Gasteiger partial charge in [-0.1, -0.05) is 63.2 Å². The number of carbonyl (C=O) groups is 2. The Labute approximate surface area is 156 Å². The lowest BCUT2D eigenvalue weighted by atomic mass is 9.86. The van der Waals surface area contributed by atoms with Crippen LogP contribution in [0.1, 0.15) is 54.7 Å². The number of hydrogen-bond donors (Lipinski definition) is 1. The van der Waals surface area contributed by atoms with Crippen molar-refractivity contribution in [2.75, 3.05) is 14.1 Å². The van der Waals surface area contributed by atoms with E-state index in [9.17, 15) is 9.59 Å². The minimum Gasteiger partial charge on any atom is -0.349 e. The van der Waals surface area contributed by atoms with Crippen LogP contribution in [0.5, 0.6) is 0 Å². The van der Waals surface area contributed by atoms with Gasteiger partial charge in [-0.25, -0.2) is 0 Å². The van der Waals surface area contributed by atoms with Gasteiger partial charge in [0.1, 0.15) is 0 Å². The third kappa shape index (κ3) is 5.19. The SMILES string of the molecule is CN(C)C(=O)C[C@@H](NC(=O)c1ccc(C(C)(C)C)cc1)c1ccccc1. The van der Waals surface area contributed by atoms with Gasteiger partial charge < -0.3 is 10.2 Å². The minimum atomic E-state index is -0.360. The highest BCUT2D eigenvalue weighted by molar-refractivity contribution is 5.94. The van der Waals surface area contributed by atoms with Gasteiger partial charge in [0.25, 0.3) is 5.91 Å². The van der Waals surface area contributed by atoms with Crippen molar-refractivity contribution >= 4 is 11.8 Å². The molecule has 1 N–H and O–H groups in total. The normalized spacial score (nSPS) is 12.3. The van der Waals surface area contributed by atoms with Crippen molar-refractivity contribution in [3.8, 4) is 0 Å². The Kier molecular flexibility index (Phi) is 6.19. The van der Waals surface area contributed by atoms with Crippen LogP contribution < -0.4 is 5.32 Å². The third-order valence-electron chi connectivity index (χ3n) is 4.40. The van der Waals surface area contributed by atoms with Gasteiger partial charge in [0, 0.05) is 19.7 Å². The molecule has 4 heteroatoms. The highest BCUT2D eigenvalue weighted by atomic mass is 16.2. The molecule has 1 atom stereocenters. The molecule has 4 nitrogen and oxygen atoms in total. The van der Waals surface area contributed by atoms with Crippen LogP contribution in [-0.2, 0) is 10.2 Å². The van der Waals surface area contributed by atoms with Crippen molar-refractivity contribution in [2.24, 2.45) is 0 Å². The lowest BCUT2D eigenvalue weighted by Gasteiger charge is -2.22. The minimum absolute atomic E-state index is 0.0257. The maximum atomic E-state index is 12.7. The fourth-order valence-electron chi connectivity index (χ4n) is 2.66. The maximum absolute atomic E-state index is 12.7. The summed E-state index contributed by atoms with van der Waals surface area (Å²) in [7, 11) is 3.44. The number of hydrogen-bond acceptors (Lipinski definition) is 2. The van der Waals surface area contributed by atoms with Crippen LogP contribution in [0.2, 0.25) is 0 Å². The third-order valence-corrected chi connectivity index (χ3v) is 4.40. The first-order valence-corrected chi connectivity index (χ1v) is 8.85. The number of nitrogens with one attached hydrogen (secondary N) is 1. The molecule has 2 amide bonds. The summed E-state index contributed by atoms with van der Waals surface area (Å²) >= 11 is 0. The largest absolute Gasteiger partial charge is 0.349 e. The molecule has 2 aromatic rings. The first kappa shape index (κ1) is 19.7. The van der Waals surface area contributed by atoms with Crippen molar-refractivity contribution in [3.63, 3.8) is 0 Å². The second kappa shape index (κ2) is 8.17. The molecule has 26 heavy (non-hydrogen) atoms. The standard InChI is InChI=1S/C22H28N2O2/c1-22(2,3)18-13-11-17(12-14-18)21(26)23-19(15-20(25)24(4)5)16-9-7-6-8-10-16/h6-14,19H,15H2,1-5H3,(H,23,26)/t19-/m1/s1. The first-order chi connectivity index (χ1) is 12.2. The molecule has 2 rings (SSSR count). The molecule has 0 radical (unpaired) electrons. The molecule has 0 unspecified atom stereocenters. The van der Waals surface area contributed by atoms with Gasteiger partial charge >= 0.3 is 0 Å². The average molecular weight is 352 g/mol. The predicted molar refractivity (Wildman–Crippen MR) is 105 cm³/mol. The van der Waals surface area contributed by atoms with Gasteiger partial charge in [0.2, 0.25) is 5.91 Å². The maximum Gasteiger partial charge on any atom is 0.251 e. The van der Waals surface area contributed by atoms with Gasteiger partial charge in [-0.05, 0) is 28.7 Å². The van der Waals surface area contributed by atoms with Crippen molar-refractivity contribution in [3.05, 3.63) is 71.3 Å². The molecule has 0 aliphatic carbocycles. The molecular formula is C22H28N2O2. The zero-order valence-electron chi connectivity index (χ0n) is 16.2. The monoisotopic (exact) mass is 352 g/mol. The first-order valence-electron chi connectivity index (χ1n) is 8.85. The summed E-state index contributed by atoms with van der Waals surface area (Å²) in [5.41, 5.74) is 2.73. The Morgan fingerprint density at radius 2 is 1.54 bits per heavy atom. The van der Waals surface area contributed by atoms with E-state index in [0.717, 1.165) is 5.56 Å². The number of nitrogens with zero attached hydrogens (tertiary/aromatic N) is 1. The van der Waals surface area contributed by atoms with Gasteiger partial charge in [-0.2, -0.15) is 0 Å². The lowest BCUT2D eigenvalue weighted by Crippen LogP contribution is -2.33. The lowest BCUT2D eigenvalue weighted by molar-refractivity contribution is -0.129. The summed E-state index contributed by atoms with van der Waals surface area (Å²) in [6.07, 6.45) is 0.225. The van der Waals surface area contributed by atoms with Gasteiger partial charge in [-0.3, -0.25) is 9.59 Å². The molecule has 138 valence electrons. The second-order valence-corrected chi connectivity index (χ2v) is 7.76. The van der Waals surface area contributed by atoms with E-state index in [1.165, 1.54) is 5.56 Å². The van der Waals surface area contributed by atoms with E-state index in [0.29, 0.717) is 5.56 Å². The van der Waals surface area contributed by atoms with E-state index in [4.69, 9.17) is 0 Å². The van der Waals surface area contributed by atoms with Crippen LogP contribution in [0.25, 0.3) is 0 Å². The van der Waals surface area contributed by atoms with E-state index in [1.54, 1.807) is 19.0 Å². The molecule has 0 aromatic heterocycles. The molecule has 0 aliphatic heterocycles. The summed E-state index contributed by atoms with van der Waals surface area (Å²) in [5, 5.41) is 3.01. The quantitative estimate of drug-likeness (QED) is 0.886. The average Bonchev–Trinajstić information content (AvgIpc) is 2.61. The Morgan fingerprint density at radius 3 is 2.04 bits per heavy atom. The highest BCUT2D eigenvalue weighted by Gasteiger charge is 2.20. The van der Waals surface area contributed by atoms with E-state index in [2.05, 4.69) is 26.1 Å². The van der Waals surface area contributed by atoms with Crippen LogP contribution in [0.15, 0.2) is 54.6 Å². The fraction of sp³-hybridized carbons (Fsp3) is 0.364. The summed E-state index contributed by atoms with van der Waals surface area (Å²) in [6, 6.07) is 16.9. The molecule has 0 saturated carbocycles. The topological polar surface area (TPSA) is 49.4 Å². The molecule has 0 saturated heterocycles. The molecule has 0 spiro atoms. The Bertz CT molecular complexity index is 744. The molecule has 0 aliphatic rings. The highest BCUT2D eigenvalue weighted by Crippen LogP contribution is 2.23. The number of carbonyl (C=O) groups excluding carboxylic acids is 2. The van der Waals surface area contributed by atoms with Gasteiger partial charge in [-0.15, -0.1) is 0 Å². The second-order valence-electron chi connectivity index (χ2n) is 7.76. The van der Waals surface area contributed by atoms with E-state index >= 15 is 0 Å². The Morgan fingerprint density at radius 1 is 0.962 bits per heavy atom. The number of rotatable bonds is 5. The number of amides is 2. The summed E-state index contributed by atoms with van der Waals surface area (Å²) < 4.78 is 0. The summed E-state index contributed by atoms with van der Waals surface area (Å²) in [4.78, 5) is 26.4. The van der Waals surface area contributed by atoms with Crippen LogP contribution in [-0.4, -0.2) is 30.8 Å². The van der Waals surface area contributed by atoms with E-state index in [1.807, 2.05) is 54.6 Å². The number of benzene rings is 2. The van der Waals surface area contributed by atoms with Crippen LogP contribution in [0.3, 0.4) is 0 Å². The molecule has 0 heterocycles. The van der Waals surface area contributed by atoms with Crippen LogP contribution in [0.4, 0.5) is 0 Å². The Balaban J connectivity index is 2.19. The van der Waals surface area contributed by atoms with Crippen molar-refractivity contribution < 1.29 is 9.59 Å². The molecule has 2 aromatic carbocycles. The van der Waals surface area contributed by atoms with Crippen molar-refractivity contribution in [1.29, 1.82) is 0 Å².